The van der Waals surface area contributed by atoms with Crippen molar-refractivity contribution in [2.75, 3.05) is 0 Å². The smallest absolute Gasteiger partial charge is 0.264 e. The molecule has 0 fully saturated rings. The second-order valence-corrected chi connectivity index (χ2v) is 12.6. The van der Waals surface area contributed by atoms with Crippen molar-refractivity contribution >= 4 is 26.7 Å². The summed E-state index contributed by atoms with van der Waals surface area (Å²) in [6.07, 6.45) is 0.200. The van der Waals surface area contributed by atoms with Gasteiger partial charge in [-0.1, -0.05) is 74.5 Å². The number of halogens is 2. The Bertz CT molecular complexity index is 1890. The summed E-state index contributed by atoms with van der Waals surface area (Å²) in [6.45, 7) is 4.34. The van der Waals surface area contributed by atoms with Gasteiger partial charge in [0.1, 0.15) is 12.4 Å². The highest BCUT2D eigenvalue weighted by molar-refractivity contribution is 7.90. The van der Waals surface area contributed by atoms with Crippen molar-refractivity contribution in [1.82, 2.24) is 9.29 Å². The first-order chi connectivity index (χ1) is 21.0. The van der Waals surface area contributed by atoms with Gasteiger partial charge in [0.15, 0.2) is 17.5 Å². The SMILES string of the molecule is CC(C)CC(c1ccccc1)n1c(O)c2cc(COc3ccccc3)ccc2c1CC(=O)NS(=O)(=O)c1ccc(F)c(F)c1. The Morgan fingerprint density at radius 3 is 2.23 bits per heavy atom. The minimum absolute atomic E-state index is 0.0673. The number of aromatic hydroxyl groups is 1. The van der Waals surface area contributed by atoms with Crippen LogP contribution in [-0.4, -0.2) is 24.0 Å². The van der Waals surface area contributed by atoms with E-state index in [-0.39, 0.29) is 24.4 Å². The number of fused-ring (bicyclic) bond motifs is 1. The average Bonchev–Trinajstić information content (AvgIpc) is 3.26. The number of carbonyl (C=O) groups excluding carboxylic acids is 1. The van der Waals surface area contributed by atoms with Gasteiger partial charge in [0.25, 0.3) is 10.0 Å². The first kappa shape index (κ1) is 30.7. The molecule has 228 valence electrons. The number of hydrogen-bond acceptors (Lipinski definition) is 5. The maximum Gasteiger partial charge on any atom is 0.264 e. The number of carbonyl (C=O) groups is 1. The van der Waals surface area contributed by atoms with Crippen LogP contribution in [0.4, 0.5) is 8.78 Å². The highest BCUT2D eigenvalue weighted by Gasteiger charge is 2.28. The minimum atomic E-state index is -4.50. The second kappa shape index (κ2) is 12.9. The first-order valence-electron chi connectivity index (χ1n) is 14.1. The van der Waals surface area contributed by atoms with Crippen LogP contribution < -0.4 is 9.46 Å². The number of aromatic nitrogens is 1. The van der Waals surface area contributed by atoms with E-state index < -0.39 is 38.9 Å². The lowest BCUT2D eigenvalue weighted by Gasteiger charge is -2.25. The monoisotopic (exact) mass is 618 g/mol. The highest BCUT2D eigenvalue weighted by atomic mass is 32.2. The Hall–Kier alpha value is -4.70. The maximum atomic E-state index is 13.8. The molecule has 1 unspecified atom stereocenters. The standard InChI is InChI=1S/C34H32F2N2O5S/c1-22(2)17-31(24-9-5-3-6-10-24)38-32(20-33(39)37-44(41,42)26-14-16-29(35)30(36)19-26)27-15-13-23(18-28(27)34(38)40)21-43-25-11-7-4-8-12-25/h3-16,18-19,22,31,40H,17,20-21H2,1-2H3,(H,37,39). The Morgan fingerprint density at radius 2 is 1.57 bits per heavy atom. The molecule has 2 N–H and O–H groups in total. The third kappa shape index (κ3) is 6.75. The van der Waals surface area contributed by atoms with Crippen molar-refractivity contribution in [2.24, 2.45) is 5.92 Å². The first-order valence-corrected chi connectivity index (χ1v) is 15.6. The van der Waals surface area contributed by atoms with Crippen molar-refractivity contribution in [3.05, 3.63) is 126 Å². The summed E-state index contributed by atoms with van der Waals surface area (Å²) in [5.41, 5.74) is 2.09. The van der Waals surface area contributed by atoms with Crippen LogP contribution in [0.5, 0.6) is 11.6 Å². The molecule has 0 radical (unpaired) electrons. The van der Waals surface area contributed by atoms with E-state index in [1.807, 2.05) is 71.5 Å². The van der Waals surface area contributed by atoms with Crippen LogP contribution in [0.3, 0.4) is 0 Å². The maximum absolute atomic E-state index is 13.8. The Morgan fingerprint density at radius 1 is 0.886 bits per heavy atom. The van der Waals surface area contributed by atoms with Crippen molar-refractivity contribution in [1.29, 1.82) is 0 Å². The van der Waals surface area contributed by atoms with E-state index >= 15 is 0 Å². The summed E-state index contributed by atoms with van der Waals surface area (Å²) in [4.78, 5) is 12.7. The topological polar surface area (TPSA) is 97.6 Å². The van der Waals surface area contributed by atoms with Crippen LogP contribution in [0.1, 0.15) is 43.1 Å². The van der Waals surface area contributed by atoms with Gasteiger partial charge in [-0.25, -0.2) is 21.9 Å². The summed E-state index contributed by atoms with van der Waals surface area (Å²) in [5.74, 6) is -2.63. The lowest BCUT2D eigenvalue weighted by Crippen LogP contribution is -2.32. The van der Waals surface area contributed by atoms with Gasteiger partial charge in [-0.3, -0.25) is 4.79 Å². The number of amides is 1. The van der Waals surface area contributed by atoms with Gasteiger partial charge < -0.3 is 14.4 Å². The zero-order chi connectivity index (χ0) is 31.4. The van der Waals surface area contributed by atoms with E-state index in [4.69, 9.17) is 4.74 Å². The molecule has 0 aliphatic rings. The van der Waals surface area contributed by atoms with Gasteiger partial charge in [-0.2, -0.15) is 0 Å². The molecule has 1 atom stereocenters. The Balaban J connectivity index is 1.55. The van der Waals surface area contributed by atoms with Crippen molar-refractivity contribution in [3.8, 4) is 11.6 Å². The molecule has 44 heavy (non-hydrogen) atoms. The van der Waals surface area contributed by atoms with E-state index in [0.29, 0.717) is 40.8 Å². The van der Waals surface area contributed by atoms with E-state index in [1.54, 1.807) is 16.7 Å². The fourth-order valence-corrected chi connectivity index (χ4v) is 6.25. The largest absolute Gasteiger partial charge is 0.494 e. The molecule has 1 aromatic heterocycles. The van der Waals surface area contributed by atoms with Crippen LogP contribution in [-0.2, 0) is 27.8 Å². The van der Waals surface area contributed by atoms with Crippen LogP contribution in [0.25, 0.3) is 10.8 Å². The molecule has 0 aliphatic heterocycles. The third-order valence-corrected chi connectivity index (χ3v) is 8.64. The highest BCUT2D eigenvalue weighted by Crippen LogP contribution is 2.40. The van der Waals surface area contributed by atoms with Crippen LogP contribution >= 0.6 is 0 Å². The molecule has 5 rings (SSSR count). The van der Waals surface area contributed by atoms with Crippen LogP contribution in [0.2, 0.25) is 0 Å². The normalized spacial score (nSPS) is 12.4. The van der Waals surface area contributed by atoms with Crippen molar-refractivity contribution in [3.63, 3.8) is 0 Å². The average molecular weight is 619 g/mol. The molecular formula is C34H32F2N2O5S. The minimum Gasteiger partial charge on any atom is -0.494 e. The lowest BCUT2D eigenvalue weighted by molar-refractivity contribution is -0.118. The molecule has 0 aliphatic carbocycles. The molecule has 0 saturated heterocycles. The zero-order valence-corrected chi connectivity index (χ0v) is 25.0. The summed E-state index contributed by atoms with van der Waals surface area (Å²) in [5, 5.41) is 12.7. The van der Waals surface area contributed by atoms with Gasteiger partial charge in [0.05, 0.1) is 17.4 Å². The third-order valence-electron chi connectivity index (χ3n) is 7.27. The molecule has 0 spiro atoms. The fraction of sp³-hybridized carbons (Fsp3) is 0.206. The van der Waals surface area contributed by atoms with Gasteiger partial charge in [-0.05, 0) is 59.9 Å². The molecule has 0 bridgehead atoms. The number of hydrogen-bond donors (Lipinski definition) is 2. The number of para-hydroxylation sites is 1. The predicted molar refractivity (Wildman–Crippen MR) is 164 cm³/mol. The van der Waals surface area contributed by atoms with E-state index in [1.165, 1.54) is 0 Å². The molecule has 10 heteroatoms. The molecule has 1 heterocycles. The molecule has 4 aromatic carbocycles. The lowest BCUT2D eigenvalue weighted by atomic mass is 9.96. The van der Waals surface area contributed by atoms with Gasteiger partial charge in [-0.15, -0.1) is 0 Å². The number of nitrogens with zero attached hydrogens (tertiary/aromatic N) is 1. The fourth-order valence-electron chi connectivity index (χ4n) is 5.26. The second-order valence-electron chi connectivity index (χ2n) is 11.0. The summed E-state index contributed by atoms with van der Waals surface area (Å²) >= 11 is 0. The summed E-state index contributed by atoms with van der Waals surface area (Å²) in [7, 11) is -4.50. The van der Waals surface area contributed by atoms with Gasteiger partial charge in [0.2, 0.25) is 5.91 Å². The summed E-state index contributed by atoms with van der Waals surface area (Å²) in [6, 6.07) is 26.0. The summed E-state index contributed by atoms with van der Waals surface area (Å²) < 4.78 is 62.5. The van der Waals surface area contributed by atoms with Crippen LogP contribution in [0, 0.1) is 17.6 Å². The van der Waals surface area contributed by atoms with Crippen LogP contribution in [0.15, 0.2) is 102 Å². The van der Waals surface area contributed by atoms with E-state index in [9.17, 15) is 27.1 Å². The number of ether oxygens (including phenoxy) is 1. The van der Waals surface area contributed by atoms with Gasteiger partial charge >= 0.3 is 0 Å². The molecule has 5 aromatic rings. The Labute approximate surface area is 254 Å². The number of sulfonamides is 1. The van der Waals surface area contributed by atoms with Crippen molar-refractivity contribution < 1.29 is 31.8 Å². The number of rotatable bonds is 11. The quantitative estimate of drug-likeness (QED) is 0.168. The number of benzene rings is 4. The van der Waals surface area contributed by atoms with E-state index in [2.05, 4.69) is 13.8 Å². The zero-order valence-electron chi connectivity index (χ0n) is 24.2. The molecule has 7 nitrogen and oxygen atoms in total. The van der Waals surface area contributed by atoms with E-state index in [0.717, 1.165) is 17.2 Å². The number of nitrogens with one attached hydrogen (secondary N) is 1. The molecule has 0 saturated carbocycles. The Kier molecular flexibility index (Phi) is 9.01. The van der Waals surface area contributed by atoms with Gasteiger partial charge in [0, 0.05) is 16.5 Å². The predicted octanol–water partition coefficient (Wildman–Crippen LogP) is 6.89. The molecular weight excluding hydrogens is 586 g/mol. The molecule has 1 amide bonds. The van der Waals surface area contributed by atoms with Crippen molar-refractivity contribution in [2.45, 2.75) is 44.2 Å².